The molecular weight excluding hydrogens is 204 g/mol. The molecule has 0 aliphatic heterocycles. The lowest BCUT2D eigenvalue weighted by molar-refractivity contribution is -0.121. The second-order valence-electron chi connectivity index (χ2n) is 4.52. The quantitative estimate of drug-likeness (QED) is 0.587. The predicted molar refractivity (Wildman–Crippen MR) is 66.2 cm³/mol. The molecule has 96 valence electrons. The van der Waals surface area contributed by atoms with Gasteiger partial charge in [0.25, 0.3) is 0 Å². The summed E-state index contributed by atoms with van der Waals surface area (Å²) in [4.78, 5) is 11.3. The molecule has 0 heterocycles. The third-order valence-corrected chi connectivity index (χ3v) is 2.38. The molecular formula is C12H26N2O2. The van der Waals surface area contributed by atoms with Crippen molar-refractivity contribution in [3.8, 4) is 0 Å². The summed E-state index contributed by atoms with van der Waals surface area (Å²) in [5.74, 6) is 0.680. The Labute approximate surface area is 98.9 Å². The molecule has 0 radical (unpaired) electrons. The second kappa shape index (κ2) is 9.60. The van der Waals surface area contributed by atoms with Crippen LogP contribution in [0.2, 0.25) is 0 Å². The van der Waals surface area contributed by atoms with Crippen molar-refractivity contribution in [2.24, 2.45) is 11.7 Å². The molecule has 0 spiro atoms. The summed E-state index contributed by atoms with van der Waals surface area (Å²) >= 11 is 0. The van der Waals surface area contributed by atoms with E-state index >= 15 is 0 Å². The van der Waals surface area contributed by atoms with Gasteiger partial charge in [-0.2, -0.15) is 0 Å². The number of nitrogens with one attached hydrogen (secondary N) is 1. The number of hydrogen-bond acceptors (Lipinski definition) is 3. The monoisotopic (exact) mass is 230 g/mol. The average molecular weight is 230 g/mol. The molecule has 3 N–H and O–H groups in total. The molecule has 16 heavy (non-hydrogen) atoms. The molecule has 0 aliphatic rings. The Morgan fingerprint density at radius 3 is 2.62 bits per heavy atom. The smallest absolute Gasteiger partial charge is 0.221 e. The van der Waals surface area contributed by atoms with Gasteiger partial charge in [0.2, 0.25) is 5.91 Å². The SMILES string of the molecule is CCC(N)CC(=O)NCCOCCC(C)C. The fourth-order valence-electron chi connectivity index (χ4n) is 1.14. The summed E-state index contributed by atoms with van der Waals surface area (Å²) in [6.45, 7) is 8.23. The van der Waals surface area contributed by atoms with E-state index in [-0.39, 0.29) is 11.9 Å². The highest BCUT2D eigenvalue weighted by Crippen LogP contribution is 1.98. The molecule has 1 unspecified atom stereocenters. The lowest BCUT2D eigenvalue weighted by Crippen LogP contribution is -2.33. The lowest BCUT2D eigenvalue weighted by Gasteiger charge is -2.10. The van der Waals surface area contributed by atoms with E-state index in [1.165, 1.54) is 0 Å². The first-order valence-corrected chi connectivity index (χ1v) is 6.16. The summed E-state index contributed by atoms with van der Waals surface area (Å²) in [6, 6.07) is -0.0261. The van der Waals surface area contributed by atoms with Crippen molar-refractivity contribution in [2.75, 3.05) is 19.8 Å². The van der Waals surface area contributed by atoms with Crippen LogP contribution < -0.4 is 11.1 Å². The minimum Gasteiger partial charge on any atom is -0.380 e. The minimum atomic E-state index is -0.0261. The van der Waals surface area contributed by atoms with Gasteiger partial charge in [-0.3, -0.25) is 4.79 Å². The van der Waals surface area contributed by atoms with Gasteiger partial charge in [0, 0.05) is 25.6 Å². The summed E-state index contributed by atoms with van der Waals surface area (Å²) in [5, 5.41) is 2.79. The molecule has 4 heteroatoms. The van der Waals surface area contributed by atoms with E-state index in [2.05, 4.69) is 19.2 Å². The molecule has 0 aromatic carbocycles. The Morgan fingerprint density at radius 2 is 2.06 bits per heavy atom. The Balaban J connectivity index is 3.28. The van der Waals surface area contributed by atoms with Crippen molar-refractivity contribution in [3.63, 3.8) is 0 Å². The maximum atomic E-state index is 11.3. The molecule has 0 aromatic rings. The van der Waals surface area contributed by atoms with Crippen LogP contribution in [0.3, 0.4) is 0 Å². The fourth-order valence-corrected chi connectivity index (χ4v) is 1.14. The minimum absolute atomic E-state index is 0.0156. The van der Waals surface area contributed by atoms with Crippen LogP contribution in [0.1, 0.15) is 40.0 Å². The molecule has 0 rings (SSSR count). The Morgan fingerprint density at radius 1 is 1.38 bits per heavy atom. The van der Waals surface area contributed by atoms with Crippen LogP contribution in [0, 0.1) is 5.92 Å². The molecule has 0 aromatic heterocycles. The first-order chi connectivity index (χ1) is 7.56. The number of ether oxygens (including phenoxy) is 1. The van der Waals surface area contributed by atoms with Crippen LogP contribution in [0.25, 0.3) is 0 Å². The van der Waals surface area contributed by atoms with Crippen LogP contribution in [-0.2, 0) is 9.53 Å². The summed E-state index contributed by atoms with van der Waals surface area (Å²) in [5.41, 5.74) is 5.67. The van der Waals surface area contributed by atoms with E-state index in [0.29, 0.717) is 25.5 Å². The predicted octanol–water partition coefficient (Wildman–Crippen LogP) is 1.29. The van der Waals surface area contributed by atoms with Crippen LogP contribution >= 0.6 is 0 Å². The highest BCUT2D eigenvalue weighted by atomic mass is 16.5. The third kappa shape index (κ3) is 9.93. The molecule has 0 saturated heterocycles. The van der Waals surface area contributed by atoms with Crippen molar-refractivity contribution in [1.82, 2.24) is 5.32 Å². The van der Waals surface area contributed by atoms with Crippen molar-refractivity contribution >= 4 is 5.91 Å². The topological polar surface area (TPSA) is 64.4 Å². The number of amides is 1. The molecule has 1 amide bonds. The summed E-state index contributed by atoms with van der Waals surface area (Å²) < 4.78 is 5.38. The van der Waals surface area contributed by atoms with Crippen molar-refractivity contribution in [3.05, 3.63) is 0 Å². The van der Waals surface area contributed by atoms with E-state index in [1.54, 1.807) is 0 Å². The van der Waals surface area contributed by atoms with E-state index in [4.69, 9.17) is 10.5 Å². The van der Waals surface area contributed by atoms with Crippen molar-refractivity contribution in [2.45, 2.75) is 46.1 Å². The molecule has 0 fully saturated rings. The van der Waals surface area contributed by atoms with Gasteiger partial charge in [-0.05, 0) is 18.8 Å². The number of nitrogens with two attached hydrogens (primary N) is 1. The Hall–Kier alpha value is -0.610. The van der Waals surface area contributed by atoms with E-state index in [0.717, 1.165) is 19.4 Å². The normalized spacial score (nSPS) is 12.8. The first-order valence-electron chi connectivity index (χ1n) is 6.16. The zero-order valence-electron chi connectivity index (χ0n) is 10.8. The molecule has 0 aliphatic carbocycles. The maximum absolute atomic E-state index is 11.3. The number of hydrogen-bond donors (Lipinski definition) is 2. The van der Waals surface area contributed by atoms with Crippen LogP contribution in [0.5, 0.6) is 0 Å². The summed E-state index contributed by atoms with van der Waals surface area (Å²) in [7, 11) is 0. The maximum Gasteiger partial charge on any atom is 0.221 e. The number of rotatable bonds is 9. The van der Waals surface area contributed by atoms with E-state index in [1.807, 2.05) is 6.92 Å². The number of carbonyl (C=O) groups excluding carboxylic acids is 1. The average Bonchev–Trinajstić information content (AvgIpc) is 2.22. The molecule has 0 saturated carbocycles. The first kappa shape index (κ1) is 15.4. The van der Waals surface area contributed by atoms with Crippen molar-refractivity contribution in [1.29, 1.82) is 0 Å². The third-order valence-electron chi connectivity index (χ3n) is 2.38. The fraction of sp³-hybridized carbons (Fsp3) is 0.917. The van der Waals surface area contributed by atoms with Gasteiger partial charge in [-0.25, -0.2) is 0 Å². The zero-order valence-corrected chi connectivity index (χ0v) is 10.8. The molecule has 4 nitrogen and oxygen atoms in total. The van der Waals surface area contributed by atoms with Gasteiger partial charge < -0.3 is 15.8 Å². The Bertz CT molecular complexity index is 184. The highest BCUT2D eigenvalue weighted by molar-refractivity contribution is 5.76. The Kier molecular flexibility index (Phi) is 9.24. The largest absolute Gasteiger partial charge is 0.380 e. The zero-order chi connectivity index (χ0) is 12.4. The molecule has 1 atom stereocenters. The van der Waals surface area contributed by atoms with Crippen LogP contribution in [-0.4, -0.2) is 31.7 Å². The van der Waals surface area contributed by atoms with Gasteiger partial charge in [-0.15, -0.1) is 0 Å². The van der Waals surface area contributed by atoms with Gasteiger partial charge in [0.15, 0.2) is 0 Å². The lowest BCUT2D eigenvalue weighted by atomic mass is 10.1. The summed E-state index contributed by atoms with van der Waals surface area (Å²) in [6.07, 6.45) is 2.30. The van der Waals surface area contributed by atoms with E-state index in [9.17, 15) is 4.79 Å². The van der Waals surface area contributed by atoms with Gasteiger partial charge in [0.05, 0.1) is 6.61 Å². The second-order valence-corrected chi connectivity index (χ2v) is 4.52. The highest BCUT2D eigenvalue weighted by Gasteiger charge is 2.06. The molecule has 0 bridgehead atoms. The van der Waals surface area contributed by atoms with Gasteiger partial charge >= 0.3 is 0 Å². The number of carbonyl (C=O) groups is 1. The van der Waals surface area contributed by atoms with Crippen LogP contribution in [0.15, 0.2) is 0 Å². The van der Waals surface area contributed by atoms with Crippen LogP contribution in [0.4, 0.5) is 0 Å². The van der Waals surface area contributed by atoms with E-state index < -0.39 is 0 Å². The standard InChI is InChI=1S/C12H26N2O2/c1-4-11(13)9-12(15)14-6-8-16-7-5-10(2)3/h10-11H,4-9,13H2,1-3H3,(H,14,15). The van der Waals surface area contributed by atoms with Crippen molar-refractivity contribution < 1.29 is 9.53 Å². The van der Waals surface area contributed by atoms with Gasteiger partial charge in [-0.1, -0.05) is 20.8 Å². The van der Waals surface area contributed by atoms with Gasteiger partial charge in [0.1, 0.15) is 0 Å².